The van der Waals surface area contributed by atoms with E-state index in [2.05, 4.69) is 5.32 Å². The van der Waals surface area contributed by atoms with Crippen molar-refractivity contribution in [2.75, 3.05) is 34.5 Å². The highest BCUT2D eigenvalue weighted by atomic mass is 16.5. The van der Waals surface area contributed by atoms with Crippen LogP contribution in [0.2, 0.25) is 0 Å². The molecule has 0 aliphatic carbocycles. The highest BCUT2D eigenvalue weighted by Gasteiger charge is 2.12. The van der Waals surface area contributed by atoms with E-state index in [1.165, 1.54) is 27.4 Å². The van der Waals surface area contributed by atoms with Crippen LogP contribution in [0.1, 0.15) is 20.7 Å². The molecule has 7 nitrogen and oxygen atoms in total. The zero-order valence-electron chi connectivity index (χ0n) is 14.9. The summed E-state index contributed by atoms with van der Waals surface area (Å²) in [4.78, 5) is 24.1. The van der Waals surface area contributed by atoms with Gasteiger partial charge in [0, 0.05) is 5.56 Å². The molecule has 2 aromatic rings. The van der Waals surface area contributed by atoms with E-state index in [0.29, 0.717) is 28.4 Å². The molecule has 0 bridgehead atoms. The Morgan fingerprint density at radius 3 is 2.35 bits per heavy atom. The Labute approximate surface area is 151 Å². The van der Waals surface area contributed by atoms with Crippen LogP contribution < -0.4 is 19.5 Å². The first-order valence-electron chi connectivity index (χ1n) is 7.90. The number of rotatable bonds is 8. The predicted molar refractivity (Wildman–Crippen MR) is 95.2 cm³/mol. The largest absolute Gasteiger partial charge is 0.497 e. The van der Waals surface area contributed by atoms with Gasteiger partial charge in [0.2, 0.25) is 0 Å². The minimum atomic E-state index is -0.512. The Kier molecular flexibility index (Phi) is 6.84. The molecule has 0 saturated carbocycles. The van der Waals surface area contributed by atoms with Crippen LogP contribution in [-0.2, 0) is 4.74 Å². The number of benzene rings is 2. The fraction of sp³-hybridized carbons (Fsp3) is 0.263. The van der Waals surface area contributed by atoms with E-state index in [1.807, 2.05) is 0 Å². The number of hydrogen-bond donors (Lipinski definition) is 1. The van der Waals surface area contributed by atoms with E-state index in [1.54, 1.807) is 36.4 Å². The van der Waals surface area contributed by atoms with Gasteiger partial charge in [-0.25, -0.2) is 4.79 Å². The fourth-order valence-corrected chi connectivity index (χ4v) is 2.22. The summed E-state index contributed by atoms with van der Waals surface area (Å²) < 4.78 is 20.5. The number of carbonyl (C=O) groups is 2. The number of carbonyl (C=O) groups excluding carboxylic acids is 2. The van der Waals surface area contributed by atoms with Crippen molar-refractivity contribution in [3.05, 3.63) is 53.6 Å². The summed E-state index contributed by atoms with van der Waals surface area (Å²) in [5, 5.41) is 2.68. The molecule has 0 heterocycles. The highest BCUT2D eigenvalue weighted by molar-refractivity contribution is 5.94. The van der Waals surface area contributed by atoms with Gasteiger partial charge >= 0.3 is 5.97 Å². The maximum Gasteiger partial charge on any atom is 0.338 e. The molecular weight excluding hydrogens is 338 g/mol. The molecule has 0 aliphatic heterocycles. The van der Waals surface area contributed by atoms with E-state index < -0.39 is 5.97 Å². The second-order valence-corrected chi connectivity index (χ2v) is 5.19. The fourth-order valence-electron chi connectivity index (χ4n) is 2.22. The first kappa shape index (κ1) is 19.1. The quantitative estimate of drug-likeness (QED) is 0.575. The van der Waals surface area contributed by atoms with Crippen molar-refractivity contribution in [1.82, 2.24) is 5.32 Å². The van der Waals surface area contributed by atoms with E-state index in [-0.39, 0.29) is 19.1 Å². The molecule has 0 aromatic heterocycles. The third kappa shape index (κ3) is 4.89. The molecule has 0 fully saturated rings. The molecule has 0 saturated heterocycles. The molecule has 138 valence electrons. The van der Waals surface area contributed by atoms with Gasteiger partial charge in [-0.2, -0.15) is 0 Å². The van der Waals surface area contributed by atoms with Crippen LogP contribution in [0.15, 0.2) is 42.5 Å². The molecule has 1 amide bonds. The lowest BCUT2D eigenvalue weighted by atomic mass is 10.2. The summed E-state index contributed by atoms with van der Waals surface area (Å²) in [6, 6.07) is 11.5. The zero-order valence-corrected chi connectivity index (χ0v) is 14.9. The minimum Gasteiger partial charge on any atom is -0.497 e. The Morgan fingerprint density at radius 1 is 0.885 bits per heavy atom. The normalized spacial score (nSPS) is 9.96. The molecule has 7 heteroatoms. The number of esters is 1. The number of methoxy groups -OCH3 is 3. The molecule has 0 radical (unpaired) electrons. The maximum absolute atomic E-state index is 12.1. The molecule has 0 aliphatic rings. The van der Waals surface area contributed by atoms with Gasteiger partial charge in [-0.1, -0.05) is 6.07 Å². The first-order valence-corrected chi connectivity index (χ1v) is 7.90. The number of ether oxygens (including phenoxy) is 4. The first-order chi connectivity index (χ1) is 12.6. The van der Waals surface area contributed by atoms with Crippen LogP contribution in [0.25, 0.3) is 0 Å². The van der Waals surface area contributed by atoms with Crippen molar-refractivity contribution in [1.29, 1.82) is 0 Å². The second-order valence-electron chi connectivity index (χ2n) is 5.19. The Hall–Kier alpha value is -3.22. The molecule has 26 heavy (non-hydrogen) atoms. The molecule has 2 rings (SSSR count). The highest BCUT2D eigenvalue weighted by Crippen LogP contribution is 2.27. The van der Waals surface area contributed by atoms with Crippen molar-refractivity contribution in [3.63, 3.8) is 0 Å². The van der Waals surface area contributed by atoms with Crippen LogP contribution in [-0.4, -0.2) is 46.4 Å². The lowest BCUT2D eigenvalue weighted by Crippen LogP contribution is -2.28. The third-order valence-electron chi connectivity index (χ3n) is 3.57. The Balaban J connectivity index is 1.83. The zero-order chi connectivity index (χ0) is 18.9. The monoisotopic (exact) mass is 359 g/mol. The van der Waals surface area contributed by atoms with Crippen LogP contribution in [0, 0.1) is 0 Å². The molecule has 1 N–H and O–H groups in total. The van der Waals surface area contributed by atoms with Crippen LogP contribution in [0.4, 0.5) is 0 Å². The van der Waals surface area contributed by atoms with Gasteiger partial charge < -0.3 is 24.3 Å². The van der Waals surface area contributed by atoms with Gasteiger partial charge in [0.25, 0.3) is 5.91 Å². The number of hydrogen-bond acceptors (Lipinski definition) is 6. The summed E-state index contributed by atoms with van der Waals surface area (Å²) in [7, 11) is 4.53. The van der Waals surface area contributed by atoms with Crippen LogP contribution >= 0.6 is 0 Å². The van der Waals surface area contributed by atoms with Gasteiger partial charge in [0.1, 0.15) is 12.4 Å². The third-order valence-corrected chi connectivity index (χ3v) is 3.57. The smallest absolute Gasteiger partial charge is 0.338 e. The number of amides is 1. The van der Waals surface area contributed by atoms with Gasteiger partial charge in [0.15, 0.2) is 11.5 Å². The molecular formula is C19H21NO6. The predicted octanol–water partition coefficient (Wildman–Crippen LogP) is 2.30. The minimum absolute atomic E-state index is 0.0445. The average molecular weight is 359 g/mol. The van der Waals surface area contributed by atoms with Crippen LogP contribution in [0.5, 0.6) is 17.2 Å². The van der Waals surface area contributed by atoms with Gasteiger partial charge in [0.05, 0.1) is 33.4 Å². The Morgan fingerprint density at radius 2 is 1.65 bits per heavy atom. The van der Waals surface area contributed by atoms with Crippen LogP contribution in [0.3, 0.4) is 0 Å². The lowest BCUT2D eigenvalue weighted by molar-refractivity contribution is 0.0502. The van der Waals surface area contributed by atoms with E-state index >= 15 is 0 Å². The second kappa shape index (κ2) is 9.31. The summed E-state index contributed by atoms with van der Waals surface area (Å²) in [5.41, 5.74) is 0.803. The van der Waals surface area contributed by atoms with E-state index in [9.17, 15) is 9.59 Å². The SMILES string of the molecule is COc1cccc(C(=O)NCCOC(=O)c2ccc(OC)c(OC)c2)c1. The molecule has 0 spiro atoms. The number of nitrogens with one attached hydrogen (secondary N) is 1. The van der Waals surface area contributed by atoms with Crippen molar-refractivity contribution in [2.24, 2.45) is 0 Å². The molecule has 0 unspecified atom stereocenters. The standard InChI is InChI=1S/C19H21NO6/c1-23-15-6-4-5-13(11-15)18(21)20-9-10-26-19(22)14-7-8-16(24-2)17(12-14)25-3/h4-8,11-12H,9-10H2,1-3H3,(H,20,21). The van der Waals surface area contributed by atoms with E-state index in [0.717, 1.165) is 0 Å². The topological polar surface area (TPSA) is 83.1 Å². The summed E-state index contributed by atoms with van der Waals surface area (Å²) in [6.45, 7) is 0.234. The summed E-state index contributed by atoms with van der Waals surface area (Å²) in [5.74, 6) is 0.771. The van der Waals surface area contributed by atoms with Gasteiger partial charge in [-0.15, -0.1) is 0 Å². The Bertz CT molecular complexity index is 774. The molecule has 2 aromatic carbocycles. The summed E-state index contributed by atoms with van der Waals surface area (Å²) in [6.07, 6.45) is 0. The van der Waals surface area contributed by atoms with Crippen molar-refractivity contribution in [2.45, 2.75) is 0 Å². The molecule has 0 atom stereocenters. The van der Waals surface area contributed by atoms with Crippen molar-refractivity contribution >= 4 is 11.9 Å². The van der Waals surface area contributed by atoms with Gasteiger partial charge in [-0.3, -0.25) is 4.79 Å². The van der Waals surface area contributed by atoms with Gasteiger partial charge in [-0.05, 0) is 36.4 Å². The van der Waals surface area contributed by atoms with Crippen molar-refractivity contribution < 1.29 is 28.5 Å². The van der Waals surface area contributed by atoms with Crippen molar-refractivity contribution in [3.8, 4) is 17.2 Å². The lowest BCUT2D eigenvalue weighted by Gasteiger charge is -2.10. The van der Waals surface area contributed by atoms with E-state index in [4.69, 9.17) is 18.9 Å². The summed E-state index contributed by atoms with van der Waals surface area (Å²) >= 11 is 0. The average Bonchev–Trinajstić information content (AvgIpc) is 2.70. The maximum atomic E-state index is 12.1.